The summed E-state index contributed by atoms with van der Waals surface area (Å²) in [5.74, 6) is -0.500. The highest BCUT2D eigenvalue weighted by atomic mass is 16.5. The van der Waals surface area contributed by atoms with Gasteiger partial charge in [-0.05, 0) is 48.2 Å². The summed E-state index contributed by atoms with van der Waals surface area (Å²) in [6, 6.07) is 7.67. The molecule has 0 saturated heterocycles. The molecule has 2 aromatic carbocycles. The average molecular weight is 276 g/mol. The normalized spacial score (nSPS) is 10.4. The molecule has 20 heavy (non-hydrogen) atoms. The van der Waals surface area contributed by atoms with Gasteiger partial charge in [0, 0.05) is 0 Å². The first-order valence-corrected chi connectivity index (χ1v) is 6.11. The Morgan fingerprint density at radius 1 is 0.750 bits per heavy atom. The van der Waals surface area contributed by atoms with Crippen LogP contribution in [0, 0.1) is 0 Å². The van der Waals surface area contributed by atoms with E-state index in [0.717, 1.165) is 11.1 Å². The Kier molecular flexibility index (Phi) is 3.89. The SMILES string of the molecule is COc1c(O)cc(CCc2ccc(O)c(O)c2)cc1O. The zero-order valence-corrected chi connectivity index (χ0v) is 11.0. The summed E-state index contributed by atoms with van der Waals surface area (Å²) in [6.45, 7) is 0. The molecule has 0 aliphatic carbocycles. The number of aromatic hydroxyl groups is 4. The Morgan fingerprint density at radius 3 is 1.85 bits per heavy atom. The van der Waals surface area contributed by atoms with Crippen molar-refractivity contribution in [1.29, 1.82) is 0 Å². The van der Waals surface area contributed by atoms with Crippen LogP contribution in [0.3, 0.4) is 0 Å². The van der Waals surface area contributed by atoms with Gasteiger partial charge in [0.1, 0.15) is 0 Å². The van der Waals surface area contributed by atoms with Gasteiger partial charge < -0.3 is 25.2 Å². The molecule has 0 heterocycles. The van der Waals surface area contributed by atoms with E-state index in [-0.39, 0.29) is 28.7 Å². The number of phenolic OH excluding ortho intramolecular Hbond substituents is 4. The zero-order valence-electron chi connectivity index (χ0n) is 11.0. The number of aryl methyl sites for hydroxylation is 2. The molecule has 2 aromatic rings. The summed E-state index contributed by atoms with van der Waals surface area (Å²) in [5.41, 5.74) is 1.59. The lowest BCUT2D eigenvalue weighted by Gasteiger charge is -2.09. The average Bonchev–Trinajstić information content (AvgIpc) is 2.40. The van der Waals surface area contributed by atoms with E-state index in [1.54, 1.807) is 6.07 Å². The third kappa shape index (κ3) is 2.88. The Morgan fingerprint density at radius 2 is 1.30 bits per heavy atom. The topological polar surface area (TPSA) is 90.2 Å². The van der Waals surface area contributed by atoms with Crippen molar-refractivity contribution >= 4 is 0 Å². The van der Waals surface area contributed by atoms with E-state index in [2.05, 4.69) is 0 Å². The van der Waals surface area contributed by atoms with Crippen molar-refractivity contribution in [2.75, 3.05) is 7.11 Å². The lowest BCUT2D eigenvalue weighted by Crippen LogP contribution is -1.93. The number of hydrogen-bond donors (Lipinski definition) is 4. The number of hydrogen-bond acceptors (Lipinski definition) is 5. The molecule has 0 radical (unpaired) electrons. The molecule has 0 amide bonds. The van der Waals surface area contributed by atoms with E-state index in [9.17, 15) is 20.4 Å². The van der Waals surface area contributed by atoms with E-state index in [4.69, 9.17) is 4.74 Å². The minimum absolute atomic E-state index is 0.0519. The van der Waals surface area contributed by atoms with Gasteiger partial charge in [-0.15, -0.1) is 0 Å². The molecule has 0 aliphatic heterocycles. The third-order valence-corrected chi connectivity index (χ3v) is 3.06. The summed E-state index contributed by atoms with van der Waals surface area (Å²) in [6.07, 6.45) is 1.16. The Balaban J connectivity index is 2.13. The second kappa shape index (κ2) is 5.61. The fourth-order valence-corrected chi connectivity index (χ4v) is 2.02. The van der Waals surface area contributed by atoms with Crippen LogP contribution in [0.4, 0.5) is 0 Å². The maximum absolute atomic E-state index is 9.69. The molecule has 0 saturated carbocycles. The lowest BCUT2D eigenvalue weighted by molar-refractivity contribution is 0.344. The molecular formula is C15H16O5. The standard InChI is InChI=1S/C15H16O5/c1-20-15-13(18)7-10(8-14(15)19)3-2-9-4-5-11(16)12(17)6-9/h4-8,16-19H,2-3H2,1H3. The van der Waals surface area contributed by atoms with Crippen molar-refractivity contribution in [2.45, 2.75) is 12.8 Å². The van der Waals surface area contributed by atoms with E-state index in [1.807, 2.05) is 0 Å². The van der Waals surface area contributed by atoms with Crippen LogP contribution in [0.1, 0.15) is 11.1 Å². The molecule has 5 nitrogen and oxygen atoms in total. The van der Waals surface area contributed by atoms with Gasteiger partial charge >= 0.3 is 0 Å². The molecule has 0 unspecified atom stereocenters. The number of methoxy groups -OCH3 is 1. The number of benzene rings is 2. The van der Waals surface area contributed by atoms with Crippen LogP contribution in [0.25, 0.3) is 0 Å². The summed E-state index contributed by atoms with van der Waals surface area (Å²) < 4.78 is 4.86. The molecule has 0 aromatic heterocycles. The molecule has 0 fully saturated rings. The molecule has 106 valence electrons. The number of rotatable bonds is 4. The van der Waals surface area contributed by atoms with Crippen molar-refractivity contribution in [3.05, 3.63) is 41.5 Å². The van der Waals surface area contributed by atoms with Gasteiger partial charge in [-0.25, -0.2) is 0 Å². The predicted molar refractivity (Wildman–Crippen MR) is 73.5 cm³/mol. The maximum Gasteiger partial charge on any atom is 0.202 e. The molecule has 0 bridgehead atoms. The summed E-state index contributed by atoms with van der Waals surface area (Å²) in [4.78, 5) is 0. The highest BCUT2D eigenvalue weighted by molar-refractivity contribution is 5.52. The van der Waals surface area contributed by atoms with Crippen molar-refractivity contribution < 1.29 is 25.2 Å². The number of phenols is 4. The van der Waals surface area contributed by atoms with Crippen LogP contribution in [0.2, 0.25) is 0 Å². The Hall–Kier alpha value is -2.56. The first kappa shape index (κ1) is 13.9. The first-order chi connectivity index (χ1) is 9.51. The van der Waals surface area contributed by atoms with Crippen molar-refractivity contribution in [1.82, 2.24) is 0 Å². The van der Waals surface area contributed by atoms with Gasteiger partial charge in [0.2, 0.25) is 5.75 Å². The van der Waals surface area contributed by atoms with Crippen LogP contribution in [0.5, 0.6) is 28.7 Å². The maximum atomic E-state index is 9.69. The van der Waals surface area contributed by atoms with E-state index < -0.39 is 0 Å². The molecule has 5 heteroatoms. The molecule has 0 spiro atoms. The molecular weight excluding hydrogens is 260 g/mol. The second-order valence-corrected chi connectivity index (χ2v) is 4.49. The Bertz CT molecular complexity index is 599. The summed E-state index contributed by atoms with van der Waals surface area (Å²) >= 11 is 0. The van der Waals surface area contributed by atoms with Crippen LogP contribution in [-0.4, -0.2) is 27.5 Å². The van der Waals surface area contributed by atoms with Gasteiger partial charge in [-0.2, -0.15) is 0 Å². The van der Waals surface area contributed by atoms with Gasteiger partial charge in [0.15, 0.2) is 23.0 Å². The molecule has 2 rings (SSSR count). The van der Waals surface area contributed by atoms with Crippen molar-refractivity contribution in [2.24, 2.45) is 0 Å². The molecule has 4 N–H and O–H groups in total. The van der Waals surface area contributed by atoms with Crippen LogP contribution >= 0.6 is 0 Å². The predicted octanol–water partition coefficient (Wildman–Crippen LogP) is 2.30. The highest BCUT2D eigenvalue weighted by Crippen LogP contribution is 2.36. The molecule has 0 aliphatic rings. The minimum Gasteiger partial charge on any atom is -0.504 e. The van der Waals surface area contributed by atoms with Gasteiger partial charge in [0.05, 0.1) is 7.11 Å². The highest BCUT2D eigenvalue weighted by Gasteiger charge is 2.10. The third-order valence-electron chi connectivity index (χ3n) is 3.06. The molecule has 0 atom stereocenters. The smallest absolute Gasteiger partial charge is 0.202 e. The largest absolute Gasteiger partial charge is 0.504 e. The van der Waals surface area contributed by atoms with Gasteiger partial charge in [-0.3, -0.25) is 0 Å². The second-order valence-electron chi connectivity index (χ2n) is 4.49. The first-order valence-electron chi connectivity index (χ1n) is 6.11. The van der Waals surface area contributed by atoms with Crippen molar-refractivity contribution in [3.63, 3.8) is 0 Å². The summed E-state index contributed by atoms with van der Waals surface area (Å²) in [5, 5.41) is 38.0. The van der Waals surface area contributed by atoms with Crippen LogP contribution in [-0.2, 0) is 12.8 Å². The summed E-state index contributed by atoms with van der Waals surface area (Å²) in [7, 11) is 1.37. The van der Waals surface area contributed by atoms with Gasteiger partial charge in [0.25, 0.3) is 0 Å². The van der Waals surface area contributed by atoms with E-state index in [1.165, 1.54) is 31.4 Å². The quantitative estimate of drug-likeness (QED) is 0.643. The number of ether oxygens (including phenoxy) is 1. The van der Waals surface area contributed by atoms with Crippen LogP contribution < -0.4 is 4.74 Å². The fraction of sp³-hybridized carbons (Fsp3) is 0.200. The van der Waals surface area contributed by atoms with E-state index >= 15 is 0 Å². The fourth-order valence-electron chi connectivity index (χ4n) is 2.02. The van der Waals surface area contributed by atoms with Crippen LogP contribution in [0.15, 0.2) is 30.3 Å². The van der Waals surface area contributed by atoms with Crippen molar-refractivity contribution in [3.8, 4) is 28.7 Å². The van der Waals surface area contributed by atoms with Gasteiger partial charge in [-0.1, -0.05) is 6.07 Å². The lowest BCUT2D eigenvalue weighted by atomic mass is 10.0. The Labute approximate surface area is 116 Å². The zero-order chi connectivity index (χ0) is 14.7. The minimum atomic E-state index is -0.164. The monoisotopic (exact) mass is 276 g/mol. The van der Waals surface area contributed by atoms with E-state index in [0.29, 0.717) is 12.8 Å².